The number of nitrogens with one attached hydrogen (secondary N) is 1. The second kappa shape index (κ2) is 5.33. The van der Waals surface area contributed by atoms with Crippen molar-refractivity contribution in [2.24, 2.45) is 17.6 Å². The number of rotatable bonds is 7. The first kappa shape index (κ1) is 12.7. The summed E-state index contributed by atoms with van der Waals surface area (Å²) in [6.45, 7) is 3.40. The molecule has 2 aliphatic rings. The molecule has 3 rings (SSSR count). The average molecular weight is 257 g/mol. The SMILES string of the molecule is N=C(N)c1ccccc1CN(CC1CC1)CC1CC1. The highest BCUT2D eigenvalue weighted by molar-refractivity contribution is 5.96. The second-order valence-electron chi connectivity index (χ2n) is 6.15. The Morgan fingerprint density at radius 1 is 1.11 bits per heavy atom. The summed E-state index contributed by atoms with van der Waals surface area (Å²) in [4.78, 5) is 2.58. The van der Waals surface area contributed by atoms with Crippen LogP contribution in [0.4, 0.5) is 0 Å². The first-order valence-electron chi connectivity index (χ1n) is 7.37. The molecule has 1 aromatic rings. The Bertz CT molecular complexity index is 447. The van der Waals surface area contributed by atoms with Gasteiger partial charge in [0.2, 0.25) is 0 Å². The largest absolute Gasteiger partial charge is 0.384 e. The minimum atomic E-state index is 0.188. The molecule has 0 bridgehead atoms. The van der Waals surface area contributed by atoms with E-state index in [2.05, 4.69) is 11.0 Å². The summed E-state index contributed by atoms with van der Waals surface area (Å²) in [7, 11) is 0. The zero-order valence-corrected chi connectivity index (χ0v) is 11.4. The molecule has 0 amide bonds. The predicted molar refractivity (Wildman–Crippen MR) is 78.2 cm³/mol. The van der Waals surface area contributed by atoms with Crippen molar-refractivity contribution >= 4 is 5.84 Å². The van der Waals surface area contributed by atoms with Gasteiger partial charge in [-0.2, -0.15) is 0 Å². The third-order valence-corrected chi connectivity index (χ3v) is 4.13. The Hall–Kier alpha value is -1.35. The van der Waals surface area contributed by atoms with Crippen molar-refractivity contribution < 1.29 is 0 Å². The summed E-state index contributed by atoms with van der Waals surface area (Å²) in [5.74, 6) is 2.03. The van der Waals surface area contributed by atoms with E-state index < -0.39 is 0 Å². The number of hydrogen-bond acceptors (Lipinski definition) is 2. The van der Waals surface area contributed by atoms with Gasteiger partial charge < -0.3 is 5.73 Å². The highest BCUT2D eigenvalue weighted by atomic mass is 15.1. The van der Waals surface area contributed by atoms with Crippen molar-refractivity contribution in [1.29, 1.82) is 5.41 Å². The lowest BCUT2D eigenvalue weighted by Gasteiger charge is -2.23. The summed E-state index contributed by atoms with van der Waals surface area (Å²) in [6.07, 6.45) is 5.59. The molecular formula is C16H23N3. The molecule has 0 aliphatic heterocycles. The van der Waals surface area contributed by atoms with Crippen molar-refractivity contribution in [3.05, 3.63) is 35.4 Å². The molecular weight excluding hydrogens is 234 g/mol. The van der Waals surface area contributed by atoms with Crippen molar-refractivity contribution in [2.75, 3.05) is 13.1 Å². The zero-order valence-electron chi connectivity index (χ0n) is 11.4. The van der Waals surface area contributed by atoms with Crippen LogP contribution in [-0.2, 0) is 6.54 Å². The molecule has 0 radical (unpaired) electrons. The van der Waals surface area contributed by atoms with Gasteiger partial charge in [-0.05, 0) is 43.1 Å². The first-order chi connectivity index (χ1) is 9.22. The second-order valence-corrected chi connectivity index (χ2v) is 6.15. The van der Waals surface area contributed by atoms with Gasteiger partial charge in [-0.15, -0.1) is 0 Å². The molecule has 102 valence electrons. The Balaban J connectivity index is 1.70. The van der Waals surface area contributed by atoms with E-state index in [1.807, 2.05) is 18.2 Å². The highest BCUT2D eigenvalue weighted by Crippen LogP contribution is 2.34. The molecule has 0 saturated heterocycles. The normalized spacial score (nSPS) is 18.8. The van der Waals surface area contributed by atoms with Gasteiger partial charge in [-0.25, -0.2) is 0 Å². The van der Waals surface area contributed by atoms with Gasteiger partial charge >= 0.3 is 0 Å². The minimum absolute atomic E-state index is 0.188. The summed E-state index contributed by atoms with van der Waals surface area (Å²) >= 11 is 0. The zero-order chi connectivity index (χ0) is 13.2. The van der Waals surface area contributed by atoms with Crippen LogP contribution in [-0.4, -0.2) is 23.8 Å². The molecule has 2 aliphatic carbocycles. The lowest BCUT2D eigenvalue weighted by atomic mass is 10.1. The molecule has 3 heteroatoms. The Morgan fingerprint density at radius 2 is 1.68 bits per heavy atom. The van der Waals surface area contributed by atoms with Crippen LogP contribution >= 0.6 is 0 Å². The fourth-order valence-corrected chi connectivity index (χ4v) is 2.70. The smallest absolute Gasteiger partial charge is 0.123 e. The number of nitrogen functional groups attached to an aromatic ring is 1. The quantitative estimate of drug-likeness (QED) is 0.582. The molecule has 3 N–H and O–H groups in total. The molecule has 1 aromatic carbocycles. The third-order valence-electron chi connectivity index (χ3n) is 4.13. The molecule has 2 fully saturated rings. The molecule has 2 saturated carbocycles. The maximum absolute atomic E-state index is 7.69. The van der Waals surface area contributed by atoms with Crippen LogP contribution < -0.4 is 5.73 Å². The number of nitrogens with zero attached hydrogens (tertiary/aromatic N) is 1. The number of benzene rings is 1. The van der Waals surface area contributed by atoms with Gasteiger partial charge in [0, 0.05) is 25.2 Å². The van der Waals surface area contributed by atoms with Crippen molar-refractivity contribution in [3.63, 3.8) is 0 Å². The van der Waals surface area contributed by atoms with Crippen LogP contribution in [0, 0.1) is 17.2 Å². The molecule has 0 aromatic heterocycles. The van der Waals surface area contributed by atoms with Gasteiger partial charge in [0.05, 0.1) is 0 Å². The average Bonchev–Trinajstić information content (AvgIpc) is 3.25. The summed E-state index contributed by atoms with van der Waals surface area (Å²) in [5.41, 5.74) is 7.79. The van der Waals surface area contributed by atoms with Crippen LogP contribution in [0.5, 0.6) is 0 Å². The van der Waals surface area contributed by atoms with Crippen molar-refractivity contribution in [3.8, 4) is 0 Å². The van der Waals surface area contributed by atoms with Crippen LogP contribution in [0.25, 0.3) is 0 Å². The van der Waals surface area contributed by atoms with Gasteiger partial charge in [0.15, 0.2) is 0 Å². The summed E-state index contributed by atoms with van der Waals surface area (Å²) < 4.78 is 0. The Kier molecular flexibility index (Phi) is 3.56. The van der Waals surface area contributed by atoms with Crippen LogP contribution in [0.2, 0.25) is 0 Å². The minimum Gasteiger partial charge on any atom is -0.384 e. The Morgan fingerprint density at radius 3 is 2.21 bits per heavy atom. The maximum atomic E-state index is 7.69. The van der Waals surface area contributed by atoms with Gasteiger partial charge in [-0.3, -0.25) is 10.3 Å². The third kappa shape index (κ3) is 3.57. The van der Waals surface area contributed by atoms with Gasteiger partial charge in [0.1, 0.15) is 5.84 Å². The number of nitrogens with two attached hydrogens (primary N) is 1. The van der Waals surface area contributed by atoms with E-state index in [4.69, 9.17) is 11.1 Å². The van der Waals surface area contributed by atoms with E-state index in [-0.39, 0.29) is 5.84 Å². The fraction of sp³-hybridized carbons (Fsp3) is 0.562. The van der Waals surface area contributed by atoms with Crippen LogP contribution in [0.3, 0.4) is 0 Å². The standard InChI is InChI=1S/C16H23N3/c17-16(18)15-4-2-1-3-14(15)11-19(9-12-5-6-12)10-13-7-8-13/h1-4,12-13H,5-11H2,(H3,17,18). The monoisotopic (exact) mass is 257 g/mol. The molecule has 0 unspecified atom stereocenters. The topological polar surface area (TPSA) is 53.1 Å². The van der Waals surface area contributed by atoms with E-state index in [0.717, 1.165) is 23.9 Å². The van der Waals surface area contributed by atoms with E-state index >= 15 is 0 Å². The fourth-order valence-electron chi connectivity index (χ4n) is 2.70. The van der Waals surface area contributed by atoms with E-state index in [1.165, 1.54) is 44.3 Å². The van der Waals surface area contributed by atoms with Crippen LogP contribution in [0.1, 0.15) is 36.8 Å². The lowest BCUT2D eigenvalue weighted by Crippen LogP contribution is -2.29. The summed E-state index contributed by atoms with van der Waals surface area (Å²) in [6, 6.07) is 8.09. The summed E-state index contributed by atoms with van der Waals surface area (Å²) in [5, 5.41) is 7.69. The first-order valence-corrected chi connectivity index (χ1v) is 7.37. The molecule has 3 nitrogen and oxygen atoms in total. The maximum Gasteiger partial charge on any atom is 0.123 e. The predicted octanol–water partition coefficient (Wildman–Crippen LogP) is 2.59. The van der Waals surface area contributed by atoms with Gasteiger partial charge in [-0.1, -0.05) is 24.3 Å². The van der Waals surface area contributed by atoms with E-state index in [9.17, 15) is 0 Å². The van der Waals surface area contributed by atoms with E-state index in [1.54, 1.807) is 0 Å². The van der Waals surface area contributed by atoms with Crippen LogP contribution in [0.15, 0.2) is 24.3 Å². The Labute approximate surface area is 115 Å². The molecule has 0 atom stereocenters. The number of hydrogen-bond donors (Lipinski definition) is 2. The van der Waals surface area contributed by atoms with Crippen molar-refractivity contribution in [2.45, 2.75) is 32.2 Å². The van der Waals surface area contributed by atoms with E-state index in [0.29, 0.717) is 0 Å². The molecule has 0 spiro atoms. The van der Waals surface area contributed by atoms with Crippen molar-refractivity contribution in [1.82, 2.24) is 4.90 Å². The van der Waals surface area contributed by atoms with Gasteiger partial charge in [0.25, 0.3) is 0 Å². The highest BCUT2D eigenvalue weighted by Gasteiger charge is 2.29. The molecule has 19 heavy (non-hydrogen) atoms. The number of amidine groups is 1. The molecule has 0 heterocycles. The lowest BCUT2D eigenvalue weighted by molar-refractivity contribution is 0.244.